The lowest BCUT2D eigenvalue weighted by Gasteiger charge is -2.36. The molecule has 1 aliphatic heterocycles. The molecule has 2 aromatic rings. The van der Waals surface area contributed by atoms with Crippen LogP contribution in [0.3, 0.4) is 0 Å². The molecule has 166 valence electrons. The highest BCUT2D eigenvalue weighted by atomic mass is 16.5. The summed E-state index contributed by atoms with van der Waals surface area (Å²) in [6.07, 6.45) is 0. The maximum Gasteiger partial charge on any atom is 0.355 e. The topological polar surface area (TPSA) is 150 Å². The van der Waals surface area contributed by atoms with Crippen molar-refractivity contribution in [2.24, 2.45) is 5.73 Å². The van der Waals surface area contributed by atoms with Gasteiger partial charge in [0.1, 0.15) is 23.3 Å². The molecule has 3 N–H and O–H groups in total. The summed E-state index contributed by atoms with van der Waals surface area (Å²) >= 11 is 0. The average Bonchev–Trinajstić information content (AvgIpc) is 2.84. The van der Waals surface area contributed by atoms with Gasteiger partial charge in [0, 0.05) is 5.56 Å². The molecule has 0 saturated carbocycles. The molecule has 3 rings (SSSR count). The molecule has 0 amide bonds. The molecule has 0 fully saturated rings. The third kappa shape index (κ3) is 3.73. The zero-order valence-electron chi connectivity index (χ0n) is 18.1. The van der Waals surface area contributed by atoms with E-state index in [4.69, 9.17) is 15.2 Å². The van der Waals surface area contributed by atoms with Crippen molar-refractivity contribution >= 4 is 17.6 Å². The molecule has 0 radical (unpaired) electrons. The fourth-order valence-corrected chi connectivity index (χ4v) is 3.81. The Labute approximate surface area is 190 Å². The van der Waals surface area contributed by atoms with Crippen LogP contribution in [0.2, 0.25) is 0 Å². The largest absolute Gasteiger partial charge is 0.508 e. The third-order valence-corrected chi connectivity index (χ3v) is 5.36. The minimum atomic E-state index is -1.03. The molecule has 0 spiro atoms. The van der Waals surface area contributed by atoms with Crippen LogP contribution in [0.15, 0.2) is 65.1 Å². The zero-order chi connectivity index (χ0) is 24.3. The van der Waals surface area contributed by atoms with E-state index in [1.54, 1.807) is 30.3 Å². The van der Waals surface area contributed by atoms with E-state index in [0.29, 0.717) is 5.56 Å². The van der Waals surface area contributed by atoms with Crippen LogP contribution in [0.25, 0.3) is 0 Å². The van der Waals surface area contributed by atoms with Gasteiger partial charge < -0.3 is 20.3 Å². The first kappa shape index (κ1) is 22.9. The number of phenols is 1. The van der Waals surface area contributed by atoms with Crippen molar-refractivity contribution < 1.29 is 24.2 Å². The maximum atomic E-state index is 13.1. The lowest BCUT2D eigenvalue weighted by atomic mass is 9.80. The Morgan fingerprint density at radius 2 is 1.67 bits per heavy atom. The van der Waals surface area contributed by atoms with Gasteiger partial charge in [-0.2, -0.15) is 10.5 Å². The SMILES string of the molecule is COC(=O)C1=C(C(=O)OC)N(c2c(C#N)ccc(O)c2C)C(N)=C(C#N)C1c1ccccc1. The van der Waals surface area contributed by atoms with Gasteiger partial charge in [0.05, 0.1) is 48.6 Å². The lowest BCUT2D eigenvalue weighted by molar-refractivity contribution is -0.139. The molecule has 1 aliphatic rings. The Morgan fingerprint density at radius 3 is 2.21 bits per heavy atom. The first-order valence-corrected chi connectivity index (χ1v) is 9.70. The van der Waals surface area contributed by atoms with Gasteiger partial charge in [0.2, 0.25) is 0 Å². The molecule has 33 heavy (non-hydrogen) atoms. The van der Waals surface area contributed by atoms with Crippen LogP contribution in [0, 0.1) is 29.6 Å². The smallest absolute Gasteiger partial charge is 0.355 e. The van der Waals surface area contributed by atoms with Crippen molar-refractivity contribution in [3.05, 3.63) is 81.8 Å². The van der Waals surface area contributed by atoms with Gasteiger partial charge in [-0.25, -0.2) is 9.59 Å². The summed E-state index contributed by atoms with van der Waals surface area (Å²) in [5, 5.41) is 30.1. The average molecular weight is 444 g/mol. The van der Waals surface area contributed by atoms with Gasteiger partial charge in [0.25, 0.3) is 0 Å². The maximum absolute atomic E-state index is 13.1. The van der Waals surface area contributed by atoms with Crippen LogP contribution in [0.1, 0.15) is 22.6 Å². The van der Waals surface area contributed by atoms with Crippen LogP contribution in [-0.2, 0) is 19.1 Å². The van der Waals surface area contributed by atoms with Gasteiger partial charge in [-0.1, -0.05) is 30.3 Å². The quantitative estimate of drug-likeness (QED) is 0.678. The molecule has 0 aromatic heterocycles. The Hall–Kier alpha value is -4.76. The van der Waals surface area contributed by atoms with E-state index in [-0.39, 0.29) is 45.2 Å². The van der Waals surface area contributed by atoms with Crippen molar-refractivity contribution in [2.45, 2.75) is 12.8 Å². The van der Waals surface area contributed by atoms with E-state index >= 15 is 0 Å². The fourth-order valence-electron chi connectivity index (χ4n) is 3.81. The van der Waals surface area contributed by atoms with Gasteiger partial charge >= 0.3 is 11.9 Å². The minimum Gasteiger partial charge on any atom is -0.508 e. The molecule has 9 heteroatoms. The fraction of sp³-hybridized carbons (Fsp3) is 0.167. The molecule has 0 bridgehead atoms. The molecule has 1 atom stereocenters. The molecule has 9 nitrogen and oxygen atoms in total. The number of nitriles is 2. The lowest BCUT2D eigenvalue weighted by Crippen LogP contribution is -2.41. The number of carbonyl (C=O) groups excluding carboxylic acids is 2. The van der Waals surface area contributed by atoms with Crippen molar-refractivity contribution in [3.63, 3.8) is 0 Å². The van der Waals surface area contributed by atoms with Gasteiger partial charge in [-0.05, 0) is 24.6 Å². The second-order valence-electron chi connectivity index (χ2n) is 7.05. The predicted octanol–water partition coefficient (Wildman–Crippen LogP) is 2.47. The Balaban J connectivity index is 2.52. The van der Waals surface area contributed by atoms with Gasteiger partial charge in [-0.3, -0.25) is 4.90 Å². The first-order valence-electron chi connectivity index (χ1n) is 9.70. The number of nitrogens with zero attached hydrogens (tertiary/aromatic N) is 3. The van der Waals surface area contributed by atoms with Crippen LogP contribution in [0.4, 0.5) is 5.69 Å². The standard InChI is InChI=1S/C24H20N4O5/c1-13-17(29)10-9-15(11-25)20(13)28-21(24(31)33-3)19(23(30)32-2)18(16(12-26)22(28)27)14-7-5-4-6-8-14/h4-10,18,29H,27H2,1-3H3. The number of carbonyl (C=O) groups is 2. The summed E-state index contributed by atoms with van der Waals surface area (Å²) in [4.78, 5) is 27.2. The summed E-state index contributed by atoms with van der Waals surface area (Å²) in [6, 6.07) is 15.2. The number of rotatable bonds is 4. The zero-order valence-corrected chi connectivity index (χ0v) is 18.1. The molecule has 2 aromatic carbocycles. The molecule has 0 saturated heterocycles. The number of phenolic OH excluding ortho intramolecular Hbond substituents is 1. The van der Waals surface area contributed by atoms with Crippen LogP contribution in [0.5, 0.6) is 5.75 Å². The van der Waals surface area contributed by atoms with E-state index in [1.165, 1.54) is 19.1 Å². The second-order valence-corrected chi connectivity index (χ2v) is 7.05. The number of benzene rings is 2. The van der Waals surface area contributed by atoms with E-state index < -0.39 is 17.9 Å². The predicted molar refractivity (Wildman–Crippen MR) is 117 cm³/mol. The number of hydrogen-bond acceptors (Lipinski definition) is 9. The minimum absolute atomic E-state index is 0.0380. The van der Waals surface area contributed by atoms with Crippen molar-refractivity contribution in [3.8, 4) is 17.9 Å². The Morgan fingerprint density at radius 1 is 1.03 bits per heavy atom. The summed E-state index contributed by atoms with van der Waals surface area (Å²) in [7, 11) is 2.27. The highest BCUT2D eigenvalue weighted by Gasteiger charge is 2.44. The van der Waals surface area contributed by atoms with Crippen molar-refractivity contribution in [2.75, 3.05) is 19.1 Å². The molecular formula is C24H20N4O5. The normalized spacial score (nSPS) is 15.5. The number of aromatic hydroxyl groups is 1. The first-order chi connectivity index (χ1) is 15.8. The molecule has 0 aliphatic carbocycles. The van der Waals surface area contributed by atoms with Crippen LogP contribution >= 0.6 is 0 Å². The molecule has 1 unspecified atom stereocenters. The van der Waals surface area contributed by atoms with E-state index in [9.17, 15) is 25.2 Å². The highest BCUT2D eigenvalue weighted by molar-refractivity contribution is 6.07. The summed E-state index contributed by atoms with van der Waals surface area (Å²) < 4.78 is 9.93. The van der Waals surface area contributed by atoms with E-state index in [0.717, 1.165) is 19.1 Å². The monoisotopic (exact) mass is 444 g/mol. The van der Waals surface area contributed by atoms with Crippen LogP contribution < -0.4 is 10.6 Å². The number of nitrogens with two attached hydrogens (primary N) is 1. The number of hydrogen-bond donors (Lipinski definition) is 2. The van der Waals surface area contributed by atoms with Crippen molar-refractivity contribution in [1.82, 2.24) is 0 Å². The highest BCUT2D eigenvalue weighted by Crippen LogP contribution is 2.45. The molecule has 1 heterocycles. The number of anilines is 1. The number of methoxy groups -OCH3 is 2. The number of esters is 2. The van der Waals surface area contributed by atoms with E-state index in [2.05, 4.69) is 0 Å². The summed E-state index contributed by atoms with van der Waals surface area (Å²) in [6.45, 7) is 1.51. The summed E-state index contributed by atoms with van der Waals surface area (Å²) in [5.74, 6) is -3.22. The molecular weight excluding hydrogens is 424 g/mol. The Kier molecular flexibility index (Phi) is 6.36. The van der Waals surface area contributed by atoms with E-state index in [1.807, 2.05) is 12.1 Å². The Bertz CT molecular complexity index is 1280. The van der Waals surface area contributed by atoms with Gasteiger partial charge in [0.15, 0.2) is 0 Å². The summed E-state index contributed by atoms with van der Waals surface area (Å²) in [5.41, 5.74) is 6.69. The second kappa shape index (κ2) is 9.16. The van der Waals surface area contributed by atoms with Gasteiger partial charge in [-0.15, -0.1) is 0 Å². The van der Waals surface area contributed by atoms with Crippen molar-refractivity contribution in [1.29, 1.82) is 10.5 Å². The number of allylic oxidation sites excluding steroid dienone is 1. The number of ether oxygens (including phenoxy) is 2. The van der Waals surface area contributed by atoms with Crippen LogP contribution in [-0.4, -0.2) is 31.3 Å². The third-order valence-electron chi connectivity index (χ3n) is 5.36.